The average Bonchev–Trinajstić information content (AvgIpc) is 2.87. The molecule has 8 heteroatoms. The number of hydrogen-bond acceptors (Lipinski definition) is 5. The third-order valence-electron chi connectivity index (χ3n) is 7.83. The Labute approximate surface area is 216 Å². The van der Waals surface area contributed by atoms with Gasteiger partial charge in [-0.3, -0.25) is 4.98 Å². The third-order valence-corrected chi connectivity index (χ3v) is 8.06. The monoisotopic (exact) mass is 508 g/mol. The second-order valence-corrected chi connectivity index (χ2v) is 10.9. The SMILES string of the molecule is CNCC(CC1CCCCC1)NC(=O)N1CCC[C@@H]([C@@](O)(CCCCOC)c2cc(Cl)ccn2)C1. The fourth-order valence-corrected chi connectivity index (χ4v) is 6.07. The minimum atomic E-state index is -1.13. The summed E-state index contributed by atoms with van der Waals surface area (Å²) in [6.45, 7) is 2.65. The number of hydrogen-bond donors (Lipinski definition) is 3. The standard InChI is InChI=1S/C27H45ClN4O3/c1-29-19-24(17-21-9-4-3-5-10-21)31-26(33)32-15-8-11-22(20-32)27(34,13-6-7-16-35-2)25-18-23(28)12-14-30-25/h12,14,18,21-22,24,29,34H,3-11,13,15-17,19-20H2,1-2H3,(H,31,33)/t22-,24?,27+/m1/s1. The molecule has 1 aromatic heterocycles. The number of carbonyl (C=O) groups excluding carboxylic acids is 1. The summed E-state index contributed by atoms with van der Waals surface area (Å²) in [6, 6.07) is 3.60. The highest BCUT2D eigenvalue weighted by Crippen LogP contribution is 2.39. The zero-order chi connectivity index (χ0) is 25.1. The average molecular weight is 509 g/mol. The minimum absolute atomic E-state index is 0.0217. The van der Waals surface area contributed by atoms with Crippen LogP contribution in [-0.2, 0) is 10.3 Å². The Morgan fingerprint density at radius 1 is 1.29 bits per heavy atom. The Morgan fingerprint density at radius 2 is 2.09 bits per heavy atom. The smallest absolute Gasteiger partial charge is 0.317 e. The summed E-state index contributed by atoms with van der Waals surface area (Å²) in [5.74, 6) is 0.596. The van der Waals surface area contributed by atoms with E-state index in [0.29, 0.717) is 42.8 Å². The summed E-state index contributed by atoms with van der Waals surface area (Å²) < 4.78 is 5.20. The van der Waals surface area contributed by atoms with Crippen LogP contribution >= 0.6 is 11.6 Å². The predicted octanol–water partition coefficient (Wildman–Crippen LogP) is 4.72. The molecule has 1 unspecified atom stereocenters. The van der Waals surface area contributed by atoms with Crippen molar-refractivity contribution in [2.45, 2.75) is 82.3 Å². The van der Waals surface area contributed by atoms with Crippen LogP contribution in [0.2, 0.25) is 5.02 Å². The van der Waals surface area contributed by atoms with Gasteiger partial charge >= 0.3 is 6.03 Å². The molecule has 1 saturated carbocycles. The number of nitrogens with one attached hydrogen (secondary N) is 2. The number of carbonyl (C=O) groups is 1. The number of methoxy groups -OCH3 is 1. The first-order valence-corrected chi connectivity index (χ1v) is 13.9. The Balaban J connectivity index is 1.67. The number of aromatic nitrogens is 1. The molecule has 2 heterocycles. The molecule has 0 radical (unpaired) electrons. The van der Waals surface area contributed by atoms with Crippen molar-refractivity contribution in [3.63, 3.8) is 0 Å². The van der Waals surface area contributed by atoms with Crippen molar-refractivity contribution in [1.82, 2.24) is 20.5 Å². The summed E-state index contributed by atoms with van der Waals surface area (Å²) in [7, 11) is 3.64. The van der Waals surface area contributed by atoms with Gasteiger partial charge in [-0.05, 0) is 63.6 Å². The highest BCUT2D eigenvalue weighted by Gasteiger charge is 2.42. The first-order valence-electron chi connectivity index (χ1n) is 13.5. The zero-order valence-corrected chi connectivity index (χ0v) is 22.4. The molecular weight excluding hydrogens is 464 g/mol. The van der Waals surface area contributed by atoms with Crippen LogP contribution in [0.5, 0.6) is 0 Å². The number of unbranched alkanes of at least 4 members (excludes halogenated alkanes) is 1. The van der Waals surface area contributed by atoms with Gasteiger partial charge in [-0.15, -0.1) is 0 Å². The molecule has 198 valence electrons. The van der Waals surface area contributed by atoms with Crippen LogP contribution in [-0.4, -0.2) is 67.5 Å². The number of piperidine rings is 1. The number of aliphatic hydroxyl groups is 1. The van der Waals surface area contributed by atoms with E-state index in [0.717, 1.165) is 38.6 Å². The van der Waals surface area contributed by atoms with Crippen LogP contribution in [0.25, 0.3) is 0 Å². The molecule has 1 aliphatic carbocycles. The predicted molar refractivity (Wildman–Crippen MR) is 141 cm³/mol. The van der Waals surface area contributed by atoms with Crippen LogP contribution < -0.4 is 10.6 Å². The summed E-state index contributed by atoms with van der Waals surface area (Å²) in [5.41, 5.74) is -0.538. The van der Waals surface area contributed by atoms with Crippen molar-refractivity contribution in [3.8, 4) is 0 Å². The van der Waals surface area contributed by atoms with Crippen LogP contribution in [0.1, 0.15) is 76.3 Å². The summed E-state index contributed by atoms with van der Waals surface area (Å²) in [5, 5.41) is 19.1. The second kappa shape index (κ2) is 14.4. The molecule has 3 N–H and O–H groups in total. The van der Waals surface area contributed by atoms with Gasteiger partial charge in [0.25, 0.3) is 0 Å². The molecule has 3 atom stereocenters. The van der Waals surface area contributed by atoms with Gasteiger partial charge in [0.1, 0.15) is 5.60 Å². The lowest BCUT2D eigenvalue weighted by Crippen LogP contribution is -2.54. The third kappa shape index (κ3) is 8.31. The molecule has 0 spiro atoms. The number of ether oxygens (including phenoxy) is 1. The molecule has 1 aromatic rings. The van der Waals surface area contributed by atoms with E-state index in [1.165, 1.54) is 32.1 Å². The maximum absolute atomic E-state index is 13.3. The molecular formula is C27H45ClN4O3. The van der Waals surface area contributed by atoms with Gasteiger partial charge in [-0.2, -0.15) is 0 Å². The number of pyridine rings is 1. The van der Waals surface area contributed by atoms with E-state index in [2.05, 4.69) is 15.6 Å². The molecule has 0 aromatic carbocycles. The molecule has 2 aliphatic rings. The molecule has 7 nitrogen and oxygen atoms in total. The maximum atomic E-state index is 13.3. The first kappa shape index (κ1) is 28.2. The van der Waals surface area contributed by atoms with E-state index >= 15 is 0 Å². The molecule has 3 rings (SSSR count). The van der Waals surface area contributed by atoms with Gasteiger partial charge < -0.3 is 25.4 Å². The zero-order valence-electron chi connectivity index (χ0n) is 21.6. The Morgan fingerprint density at radius 3 is 2.80 bits per heavy atom. The highest BCUT2D eigenvalue weighted by atomic mass is 35.5. The molecule has 2 amide bonds. The van der Waals surface area contributed by atoms with Gasteiger partial charge in [0.2, 0.25) is 0 Å². The fraction of sp³-hybridized carbons (Fsp3) is 0.778. The van der Waals surface area contributed by atoms with E-state index in [1.54, 1.807) is 25.4 Å². The number of halogens is 1. The molecule has 35 heavy (non-hydrogen) atoms. The van der Waals surface area contributed by atoms with Crippen molar-refractivity contribution in [3.05, 3.63) is 29.0 Å². The van der Waals surface area contributed by atoms with Crippen LogP contribution in [0.3, 0.4) is 0 Å². The van der Waals surface area contributed by atoms with Crippen molar-refractivity contribution in [1.29, 1.82) is 0 Å². The van der Waals surface area contributed by atoms with Crippen LogP contribution in [0, 0.1) is 11.8 Å². The molecule has 1 aliphatic heterocycles. The van der Waals surface area contributed by atoms with Crippen molar-refractivity contribution >= 4 is 17.6 Å². The summed E-state index contributed by atoms with van der Waals surface area (Å²) in [6.07, 6.45) is 13.1. The van der Waals surface area contributed by atoms with E-state index in [9.17, 15) is 9.90 Å². The first-order chi connectivity index (χ1) is 17.0. The number of likely N-dealkylation sites (tertiary alicyclic amines) is 1. The van der Waals surface area contributed by atoms with Crippen LogP contribution in [0.4, 0.5) is 4.79 Å². The number of likely N-dealkylation sites (N-methyl/N-ethyl adjacent to an activating group) is 1. The lowest BCUT2D eigenvalue weighted by molar-refractivity contribution is -0.0596. The second-order valence-electron chi connectivity index (χ2n) is 10.5. The summed E-state index contributed by atoms with van der Waals surface area (Å²) in [4.78, 5) is 19.7. The minimum Gasteiger partial charge on any atom is -0.385 e. The molecule has 1 saturated heterocycles. The van der Waals surface area contributed by atoms with Crippen molar-refractivity contribution < 1.29 is 14.6 Å². The van der Waals surface area contributed by atoms with E-state index < -0.39 is 5.60 Å². The molecule has 0 bridgehead atoms. The van der Waals surface area contributed by atoms with Gasteiger partial charge in [0.05, 0.1) is 5.69 Å². The van der Waals surface area contributed by atoms with E-state index in [4.69, 9.17) is 16.3 Å². The lowest BCUT2D eigenvalue weighted by Gasteiger charge is -2.42. The molecule has 2 fully saturated rings. The number of amides is 2. The normalized spacial score (nSPS) is 21.9. The Hall–Kier alpha value is -1.41. The largest absolute Gasteiger partial charge is 0.385 e. The lowest BCUT2D eigenvalue weighted by atomic mass is 9.76. The van der Waals surface area contributed by atoms with E-state index in [1.807, 2.05) is 11.9 Å². The number of nitrogens with zero attached hydrogens (tertiary/aromatic N) is 2. The van der Waals surface area contributed by atoms with Gasteiger partial charge in [-0.1, -0.05) is 43.7 Å². The number of urea groups is 1. The topological polar surface area (TPSA) is 86.7 Å². The summed E-state index contributed by atoms with van der Waals surface area (Å²) >= 11 is 6.27. The van der Waals surface area contributed by atoms with Crippen molar-refractivity contribution in [2.24, 2.45) is 11.8 Å². The van der Waals surface area contributed by atoms with Gasteiger partial charge in [0.15, 0.2) is 0 Å². The maximum Gasteiger partial charge on any atom is 0.317 e. The number of rotatable bonds is 12. The Kier molecular flexibility index (Phi) is 11.6. The highest BCUT2D eigenvalue weighted by molar-refractivity contribution is 6.30. The van der Waals surface area contributed by atoms with E-state index in [-0.39, 0.29) is 18.0 Å². The Bertz CT molecular complexity index is 777. The fourth-order valence-electron chi connectivity index (χ4n) is 5.91. The van der Waals surface area contributed by atoms with Crippen molar-refractivity contribution in [2.75, 3.05) is 40.4 Å². The van der Waals surface area contributed by atoms with Crippen LogP contribution in [0.15, 0.2) is 18.3 Å². The van der Waals surface area contributed by atoms with Gasteiger partial charge in [0, 0.05) is 56.5 Å². The van der Waals surface area contributed by atoms with Gasteiger partial charge in [-0.25, -0.2) is 4.79 Å². The quantitative estimate of drug-likeness (QED) is 0.356.